The van der Waals surface area contributed by atoms with Crippen molar-refractivity contribution in [1.82, 2.24) is 9.88 Å². The van der Waals surface area contributed by atoms with Gasteiger partial charge < -0.3 is 16.0 Å². The van der Waals surface area contributed by atoms with Gasteiger partial charge in [-0.15, -0.1) is 11.3 Å². The summed E-state index contributed by atoms with van der Waals surface area (Å²) in [5.74, 6) is -0.0877. The quantitative estimate of drug-likeness (QED) is 0.803. The summed E-state index contributed by atoms with van der Waals surface area (Å²) in [6, 6.07) is 7.92. The fraction of sp³-hybridized carbons (Fsp3) is 0.375. The van der Waals surface area contributed by atoms with E-state index in [1.165, 1.54) is 17.4 Å². The fourth-order valence-electron chi connectivity index (χ4n) is 2.14. The number of nitrogen functional groups attached to an aromatic ring is 1. The second kappa shape index (κ2) is 7.38. The molecular weight excluding hydrogens is 296 g/mol. The highest BCUT2D eigenvalue weighted by molar-refractivity contribution is 7.15. The maximum atomic E-state index is 11.2. The monoisotopic (exact) mass is 318 g/mol. The molecule has 0 aliphatic carbocycles. The van der Waals surface area contributed by atoms with Crippen LogP contribution in [0, 0.1) is 0 Å². The lowest BCUT2D eigenvalue weighted by Crippen LogP contribution is -2.11. The first-order chi connectivity index (χ1) is 10.4. The van der Waals surface area contributed by atoms with Crippen LogP contribution in [0.5, 0.6) is 0 Å². The van der Waals surface area contributed by atoms with Crippen LogP contribution in [0.3, 0.4) is 0 Å². The van der Waals surface area contributed by atoms with Gasteiger partial charge in [-0.1, -0.05) is 12.1 Å². The van der Waals surface area contributed by atoms with Crippen molar-refractivity contribution in [2.75, 3.05) is 25.1 Å². The van der Waals surface area contributed by atoms with Gasteiger partial charge in [0.15, 0.2) is 5.13 Å². The third kappa shape index (κ3) is 4.82. The van der Waals surface area contributed by atoms with Crippen LogP contribution < -0.4 is 11.1 Å². The summed E-state index contributed by atoms with van der Waals surface area (Å²) >= 11 is 1.55. The Balaban J connectivity index is 2.11. The molecule has 22 heavy (non-hydrogen) atoms. The number of amides is 1. The third-order valence-electron chi connectivity index (χ3n) is 3.15. The molecule has 0 radical (unpaired) electrons. The van der Waals surface area contributed by atoms with Crippen molar-refractivity contribution in [1.29, 1.82) is 0 Å². The van der Waals surface area contributed by atoms with Gasteiger partial charge in [-0.25, -0.2) is 4.98 Å². The Morgan fingerprint density at radius 1 is 1.27 bits per heavy atom. The number of nitrogens with one attached hydrogen (secondary N) is 1. The summed E-state index contributed by atoms with van der Waals surface area (Å²) < 4.78 is 0. The maximum absolute atomic E-state index is 11.2. The average Bonchev–Trinajstić information content (AvgIpc) is 2.78. The van der Waals surface area contributed by atoms with Crippen LogP contribution in [0.4, 0.5) is 10.8 Å². The van der Waals surface area contributed by atoms with Crippen molar-refractivity contribution < 1.29 is 4.79 Å². The van der Waals surface area contributed by atoms with Crippen LogP contribution in [0.2, 0.25) is 0 Å². The summed E-state index contributed by atoms with van der Waals surface area (Å²) in [6.07, 6.45) is 1.76. The number of hydrogen-bond donors (Lipinski definition) is 2. The first-order valence-corrected chi connectivity index (χ1v) is 8.01. The molecule has 5 nitrogen and oxygen atoms in total. The molecule has 2 rings (SSSR count). The Labute approximate surface area is 135 Å². The number of aromatic nitrogens is 1. The number of carbonyl (C=O) groups excluding carboxylic acids is 1. The maximum Gasteiger partial charge on any atom is 0.223 e. The first-order valence-electron chi connectivity index (χ1n) is 7.19. The summed E-state index contributed by atoms with van der Waals surface area (Å²) in [5.41, 5.74) is 8.77. The van der Waals surface area contributed by atoms with Gasteiger partial charge in [-0.05, 0) is 44.6 Å². The van der Waals surface area contributed by atoms with Gasteiger partial charge in [0.05, 0.1) is 5.69 Å². The molecule has 0 bridgehead atoms. The van der Waals surface area contributed by atoms with E-state index in [1.807, 2.05) is 38.4 Å². The Morgan fingerprint density at radius 2 is 1.95 bits per heavy atom. The molecule has 1 heterocycles. The van der Waals surface area contributed by atoms with Crippen molar-refractivity contribution in [3.05, 3.63) is 40.4 Å². The molecule has 0 unspecified atom stereocenters. The number of nitrogens with two attached hydrogens (primary N) is 1. The Hall–Kier alpha value is -1.92. The van der Waals surface area contributed by atoms with Gasteiger partial charge in [0.2, 0.25) is 5.91 Å². The van der Waals surface area contributed by atoms with E-state index < -0.39 is 0 Å². The first kappa shape index (κ1) is 16.5. The largest absolute Gasteiger partial charge is 0.399 e. The molecule has 1 aromatic heterocycles. The van der Waals surface area contributed by atoms with Crippen LogP contribution in [0.25, 0.3) is 0 Å². The van der Waals surface area contributed by atoms with Crippen molar-refractivity contribution >= 4 is 28.1 Å². The molecule has 2 aromatic rings. The Morgan fingerprint density at radius 3 is 2.55 bits per heavy atom. The summed E-state index contributed by atoms with van der Waals surface area (Å²) in [6.45, 7) is 2.33. The van der Waals surface area contributed by atoms with E-state index in [0.29, 0.717) is 5.13 Å². The summed E-state index contributed by atoms with van der Waals surface area (Å²) in [7, 11) is 4.06. The number of anilines is 2. The van der Waals surface area contributed by atoms with E-state index in [-0.39, 0.29) is 5.91 Å². The van der Waals surface area contributed by atoms with Gasteiger partial charge in [-0.2, -0.15) is 0 Å². The zero-order valence-corrected chi connectivity index (χ0v) is 14.0. The van der Waals surface area contributed by atoms with Crippen LogP contribution in [-0.2, 0) is 24.2 Å². The standard InChI is InChI=1S/C16H22N4OS/c1-11(21)18-16-19-14(15(22-16)10-20(2)3)9-6-12-4-7-13(17)8-5-12/h4-5,7-8H,6,9-10,17H2,1-3H3,(H,18,19,21). The molecule has 6 heteroatoms. The number of carbonyl (C=O) groups is 1. The lowest BCUT2D eigenvalue weighted by atomic mass is 10.1. The van der Waals surface area contributed by atoms with Crippen molar-refractivity contribution in [2.24, 2.45) is 0 Å². The van der Waals surface area contributed by atoms with Gasteiger partial charge in [0.25, 0.3) is 0 Å². The zero-order valence-electron chi connectivity index (χ0n) is 13.2. The molecule has 3 N–H and O–H groups in total. The molecule has 0 saturated heterocycles. The minimum Gasteiger partial charge on any atom is -0.399 e. The minimum atomic E-state index is -0.0877. The molecule has 1 aromatic carbocycles. The summed E-state index contributed by atoms with van der Waals surface area (Å²) in [5, 5.41) is 3.46. The molecule has 0 saturated carbocycles. The number of hydrogen-bond acceptors (Lipinski definition) is 5. The van der Waals surface area contributed by atoms with E-state index in [2.05, 4.69) is 15.2 Å². The van der Waals surface area contributed by atoms with E-state index in [0.717, 1.165) is 30.8 Å². The lowest BCUT2D eigenvalue weighted by molar-refractivity contribution is -0.114. The van der Waals surface area contributed by atoms with Gasteiger partial charge in [0.1, 0.15) is 0 Å². The highest BCUT2D eigenvalue weighted by Gasteiger charge is 2.13. The normalized spacial score (nSPS) is 10.9. The smallest absolute Gasteiger partial charge is 0.223 e. The molecule has 118 valence electrons. The van der Waals surface area contributed by atoms with E-state index in [1.54, 1.807) is 11.3 Å². The number of rotatable bonds is 6. The number of aryl methyl sites for hydroxylation is 2. The minimum absolute atomic E-state index is 0.0877. The molecule has 0 atom stereocenters. The van der Waals surface area contributed by atoms with Crippen molar-refractivity contribution in [3.8, 4) is 0 Å². The molecule has 0 aliphatic rings. The lowest BCUT2D eigenvalue weighted by Gasteiger charge is -2.09. The van der Waals surface area contributed by atoms with Crippen molar-refractivity contribution in [2.45, 2.75) is 26.3 Å². The molecule has 1 amide bonds. The van der Waals surface area contributed by atoms with Gasteiger partial charge in [0, 0.05) is 24.0 Å². The predicted octanol–water partition coefficient (Wildman–Crippen LogP) is 2.53. The molecule has 0 aliphatic heterocycles. The molecule has 0 spiro atoms. The summed E-state index contributed by atoms with van der Waals surface area (Å²) in [4.78, 5) is 19.1. The average molecular weight is 318 g/mol. The van der Waals surface area contributed by atoms with Crippen LogP contribution in [-0.4, -0.2) is 29.9 Å². The van der Waals surface area contributed by atoms with E-state index >= 15 is 0 Å². The number of benzene rings is 1. The highest BCUT2D eigenvalue weighted by atomic mass is 32.1. The second-order valence-electron chi connectivity index (χ2n) is 5.55. The zero-order chi connectivity index (χ0) is 16.1. The predicted molar refractivity (Wildman–Crippen MR) is 92.1 cm³/mol. The SMILES string of the molecule is CC(=O)Nc1nc(CCc2ccc(N)cc2)c(CN(C)C)s1. The second-order valence-corrected chi connectivity index (χ2v) is 6.63. The highest BCUT2D eigenvalue weighted by Crippen LogP contribution is 2.25. The molecule has 0 fully saturated rings. The van der Waals surface area contributed by atoms with Crippen LogP contribution in [0.15, 0.2) is 24.3 Å². The van der Waals surface area contributed by atoms with Gasteiger partial charge in [-0.3, -0.25) is 4.79 Å². The topological polar surface area (TPSA) is 71.2 Å². The van der Waals surface area contributed by atoms with Crippen LogP contribution in [0.1, 0.15) is 23.1 Å². The Bertz CT molecular complexity index is 634. The van der Waals surface area contributed by atoms with Crippen molar-refractivity contribution in [3.63, 3.8) is 0 Å². The third-order valence-corrected chi connectivity index (χ3v) is 4.15. The van der Waals surface area contributed by atoms with Gasteiger partial charge >= 0.3 is 0 Å². The Kier molecular flexibility index (Phi) is 5.51. The van der Waals surface area contributed by atoms with E-state index in [4.69, 9.17) is 5.73 Å². The fourth-order valence-corrected chi connectivity index (χ4v) is 3.31. The number of nitrogens with zero attached hydrogens (tertiary/aromatic N) is 2. The van der Waals surface area contributed by atoms with E-state index in [9.17, 15) is 4.79 Å². The number of thiazole rings is 1. The van der Waals surface area contributed by atoms with Crippen LogP contribution >= 0.6 is 11.3 Å². The molecular formula is C16H22N4OS.